The first kappa shape index (κ1) is 17.5. The first-order valence-electron chi connectivity index (χ1n) is 8.74. The molecule has 2 heterocycles. The van der Waals surface area contributed by atoms with Gasteiger partial charge in [-0.15, -0.1) is 0 Å². The standard InChI is InChI=1S/C19H29NO4/c1-21-14-19-6-4-8-24-18(19)5-7-20(13-19)12-15-9-16(22-2)11-17(10-15)23-3/h9-11,18H,4-8,12-14H2,1-3H3. The summed E-state index contributed by atoms with van der Waals surface area (Å²) in [5.41, 5.74) is 1.35. The van der Waals surface area contributed by atoms with Gasteiger partial charge in [-0.2, -0.15) is 0 Å². The van der Waals surface area contributed by atoms with Gasteiger partial charge < -0.3 is 18.9 Å². The number of hydrogen-bond donors (Lipinski definition) is 0. The maximum atomic E-state index is 6.06. The lowest BCUT2D eigenvalue weighted by molar-refractivity contribution is -0.149. The van der Waals surface area contributed by atoms with Gasteiger partial charge in [-0.25, -0.2) is 0 Å². The van der Waals surface area contributed by atoms with Gasteiger partial charge in [0.25, 0.3) is 0 Å². The number of piperidine rings is 1. The minimum atomic E-state index is 0.133. The van der Waals surface area contributed by atoms with Crippen molar-refractivity contribution in [1.82, 2.24) is 4.90 Å². The zero-order valence-electron chi connectivity index (χ0n) is 15.0. The normalized spacial score (nSPS) is 27.5. The van der Waals surface area contributed by atoms with Crippen LogP contribution in [-0.4, -0.2) is 58.6 Å². The summed E-state index contributed by atoms with van der Waals surface area (Å²) in [7, 11) is 5.18. The fraction of sp³-hybridized carbons (Fsp3) is 0.684. The lowest BCUT2D eigenvalue weighted by Crippen LogP contribution is -2.56. The molecule has 0 radical (unpaired) electrons. The van der Waals surface area contributed by atoms with Gasteiger partial charge in [0.15, 0.2) is 0 Å². The largest absolute Gasteiger partial charge is 0.497 e. The van der Waals surface area contributed by atoms with E-state index in [0.29, 0.717) is 6.10 Å². The molecule has 1 aromatic rings. The molecule has 0 saturated carbocycles. The van der Waals surface area contributed by atoms with E-state index in [2.05, 4.69) is 17.0 Å². The number of rotatable bonds is 6. The number of benzene rings is 1. The van der Waals surface area contributed by atoms with Crippen LogP contribution in [0.5, 0.6) is 11.5 Å². The number of ether oxygens (including phenoxy) is 4. The summed E-state index contributed by atoms with van der Waals surface area (Å²) in [5, 5.41) is 0. The third-order valence-electron chi connectivity index (χ3n) is 5.32. The molecule has 0 aliphatic carbocycles. The molecule has 1 aromatic carbocycles. The van der Waals surface area contributed by atoms with E-state index in [0.717, 1.165) is 57.2 Å². The van der Waals surface area contributed by atoms with Gasteiger partial charge in [0.05, 0.1) is 26.9 Å². The number of nitrogens with zero attached hydrogens (tertiary/aromatic N) is 1. The van der Waals surface area contributed by atoms with Crippen LogP contribution in [0.3, 0.4) is 0 Å². The molecule has 134 valence electrons. The monoisotopic (exact) mass is 335 g/mol. The van der Waals surface area contributed by atoms with Crippen molar-refractivity contribution in [3.05, 3.63) is 23.8 Å². The Bertz CT molecular complexity index is 524. The van der Waals surface area contributed by atoms with E-state index in [1.807, 2.05) is 6.07 Å². The summed E-state index contributed by atoms with van der Waals surface area (Å²) in [4.78, 5) is 2.51. The minimum Gasteiger partial charge on any atom is -0.497 e. The predicted octanol–water partition coefficient (Wildman–Crippen LogP) is 2.72. The lowest BCUT2D eigenvalue weighted by atomic mass is 9.73. The Morgan fingerprint density at radius 1 is 1.17 bits per heavy atom. The van der Waals surface area contributed by atoms with Crippen molar-refractivity contribution in [3.63, 3.8) is 0 Å². The molecule has 0 N–H and O–H groups in total. The van der Waals surface area contributed by atoms with E-state index < -0.39 is 0 Å². The molecule has 2 unspecified atom stereocenters. The molecule has 2 aliphatic rings. The van der Waals surface area contributed by atoms with Crippen molar-refractivity contribution in [2.45, 2.75) is 31.9 Å². The number of methoxy groups -OCH3 is 3. The number of likely N-dealkylation sites (tertiary alicyclic amines) is 1. The second kappa shape index (κ2) is 7.72. The molecular weight excluding hydrogens is 306 g/mol. The van der Waals surface area contributed by atoms with Gasteiger partial charge in [0.1, 0.15) is 11.5 Å². The van der Waals surface area contributed by atoms with Crippen LogP contribution < -0.4 is 9.47 Å². The first-order valence-corrected chi connectivity index (χ1v) is 8.74. The highest BCUT2D eigenvalue weighted by atomic mass is 16.5. The van der Waals surface area contributed by atoms with Crippen molar-refractivity contribution in [3.8, 4) is 11.5 Å². The number of fused-ring (bicyclic) bond motifs is 1. The maximum absolute atomic E-state index is 6.06. The zero-order chi connectivity index (χ0) is 17.0. The Balaban J connectivity index is 1.74. The lowest BCUT2D eigenvalue weighted by Gasteiger charge is -2.50. The summed E-state index contributed by atoms with van der Waals surface area (Å²) in [6, 6.07) is 6.10. The van der Waals surface area contributed by atoms with Crippen molar-refractivity contribution >= 4 is 0 Å². The molecule has 24 heavy (non-hydrogen) atoms. The molecule has 0 aromatic heterocycles. The molecule has 2 fully saturated rings. The molecule has 2 aliphatic heterocycles. The van der Waals surface area contributed by atoms with Crippen LogP contribution in [0.25, 0.3) is 0 Å². The van der Waals surface area contributed by atoms with Crippen molar-refractivity contribution < 1.29 is 18.9 Å². The second-order valence-electron chi connectivity index (χ2n) is 6.98. The van der Waals surface area contributed by atoms with E-state index in [1.165, 1.54) is 12.0 Å². The Kier molecular flexibility index (Phi) is 5.64. The first-order chi connectivity index (χ1) is 11.7. The molecule has 0 spiro atoms. The molecule has 2 atom stereocenters. The van der Waals surface area contributed by atoms with Gasteiger partial charge in [0, 0.05) is 44.8 Å². The van der Waals surface area contributed by atoms with Crippen LogP contribution in [-0.2, 0) is 16.0 Å². The highest BCUT2D eigenvalue weighted by Gasteiger charge is 2.45. The molecule has 2 saturated heterocycles. The third kappa shape index (κ3) is 3.68. The van der Waals surface area contributed by atoms with E-state index in [-0.39, 0.29) is 5.41 Å². The van der Waals surface area contributed by atoms with Crippen molar-refractivity contribution in [1.29, 1.82) is 0 Å². The topological polar surface area (TPSA) is 40.2 Å². The van der Waals surface area contributed by atoms with Crippen molar-refractivity contribution in [2.24, 2.45) is 5.41 Å². The van der Waals surface area contributed by atoms with Gasteiger partial charge in [-0.1, -0.05) is 0 Å². The third-order valence-corrected chi connectivity index (χ3v) is 5.32. The van der Waals surface area contributed by atoms with Crippen LogP contribution in [0.1, 0.15) is 24.8 Å². The van der Waals surface area contributed by atoms with Crippen LogP contribution >= 0.6 is 0 Å². The highest BCUT2D eigenvalue weighted by molar-refractivity contribution is 5.38. The van der Waals surface area contributed by atoms with E-state index in [1.54, 1.807) is 21.3 Å². The SMILES string of the molecule is COCC12CCCOC1CCN(Cc1cc(OC)cc(OC)c1)C2. The highest BCUT2D eigenvalue weighted by Crippen LogP contribution is 2.40. The summed E-state index contributed by atoms with van der Waals surface area (Å²) in [6.45, 7) is 4.63. The van der Waals surface area contributed by atoms with E-state index in [9.17, 15) is 0 Å². The minimum absolute atomic E-state index is 0.133. The smallest absolute Gasteiger partial charge is 0.122 e. The average Bonchev–Trinajstić information content (AvgIpc) is 2.61. The quantitative estimate of drug-likeness (QED) is 0.799. The molecule has 0 amide bonds. The Hall–Kier alpha value is -1.30. The molecular formula is C19H29NO4. The predicted molar refractivity (Wildman–Crippen MR) is 92.7 cm³/mol. The Morgan fingerprint density at radius 3 is 2.58 bits per heavy atom. The van der Waals surface area contributed by atoms with E-state index in [4.69, 9.17) is 18.9 Å². The Labute approximate surface area is 144 Å². The van der Waals surface area contributed by atoms with E-state index >= 15 is 0 Å². The molecule has 5 nitrogen and oxygen atoms in total. The maximum Gasteiger partial charge on any atom is 0.122 e. The summed E-state index contributed by atoms with van der Waals surface area (Å²) in [5.74, 6) is 1.68. The summed E-state index contributed by atoms with van der Waals surface area (Å²) < 4.78 is 22.4. The van der Waals surface area contributed by atoms with Crippen LogP contribution in [0.15, 0.2) is 18.2 Å². The summed E-state index contributed by atoms with van der Waals surface area (Å²) in [6.07, 6.45) is 3.72. The molecule has 5 heteroatoms. The molecule has 3 rings (SSSR count). The van der Waals surface area contributed by atoms with Gasteiger partial charge in [0.2, 0.25) is 0 Å². The van der Waals surface area contributed by atoms with Gasteiger partial charge in [-0.3, -0.25) is 4.90 Å². The second-order valence-corrected chi connectivity index (χ2v) is 6.98. The Morgan fingerprint density at radius 2 is 1.92 bits per heavy atom. The van der Waals surface area contributed by atoms with Crippen LogP contribution in [0.4, 0.5) is 0 Å². The average molecular weight is 335 g/mol. The van der Waals surface area contributed by atoms with Crippen LogP contribution in [0.2, 0.25) is 0 Å². The number of hydrogen-bond acceptors (Lipinski definition) is 5. The van der Waals surface area contributed by atoms with Crippen LogP contribution in [0, 0.1) is 5.41 Å². The fourth-order valence-electron chi connectivity index (χ4n) is 4.23. The fourth-order valence-corrected chi connectivity index (χ4v) is 4.23. The zero-order valence-corrected chi connectivity index (χ0v) is 15.0. The van der Waals surface area contributed by atoms with Gasteiger partial charge >= 0.3 is 0 Å². The van der Waals surface area contributed by atoms with Crippen molar-refractivity contribution in [2.75, 3.05) is 47.6 Å². The van der Waals surface area contributed by atoms with Gasteiger partial charge in [-0.05, 0) is 37.0 Å². The molecule has 0 bridgehead atoms. The summed E-state index contributed by atoms with van der Waals surface area (Å²) >= 11 is 0.